The van der Waals surface area contributed by atoms with E-state index >= 15 is 0 Å². The van der Waals surface area contributed by atoms with Gasteiger partial charge in [0.05, 0.1) is 0 Å². The normalized spacial score (nSPS) is 15.5. The van der Waals surface area contributed by atoms with Crippen LogP contribution < -0.4 is 0 Å². The highest BCUT2D eigenvalue weighted by molar-refractivity contribution is 5.97. The Morgan fingerprint density at radius 3 is 2.93 bits per heavy atom. The third-order valence-corrected chi connectivity index (χ3v) is 2.88. The van der Waals surface area contributed by atoms with E-state index in [1.54, 1.807) is 0 Å². The van der Waals surface area contributed by atoms with Gasteiger partial charge in [-0.25, -0.2) is 0 Å². The van der Waals surface area contributed by atoms with Crippen molar-refractivity contribution in [2.24, 2.45) is 0 Å². The van der Waals surface area contributed by atoms with Gasteiger partial charge in [0.1, 0.15) is 0 Å². The van der Waals surface area contributed by atoms with Gasteiger partial charge in [0, 0.05) is 37.3 Å². The smallest absolute Gasteiger partial charge is 0.164 e. The quantitative estimate of drug-likeness (QED) is 0.532. The molecule has 15 heavy (non-hydrogen) atoms. The van der Waals surface area contributed by atoms with Gasteiger partial charge in [0.25, 0.3) is 0 Å². The molecule has 1 aliphatic rings. The first-order valence-corrected chi connectivity index (χ1v) is 5.46. The number of hydrogen-bond acceptors (Lipinski definition) is 1. The zero-order valence-corrected chi connectivity index (χ0v) is 8.83. The summed E-state index contributed by atoms with van der Waals surface area (Å²) in [5.74, 6) is 2.91. The second kappa shape index (κ2) is 4.35. The van der Waals surface area contributed by atoms with Gasteiger partial charge < -0.3 is 4.57 Å². The van der Waals surface area contributed by atoms with E-state index in [0.29, 0.717) is 12.2 Å². The third-order valence-electron chi connectivity index (χ3n) is 2.88. The van der Waals surface area contributed by atoms with E-state index in [2.05, 4.69) is 12.1 Å². The molecule has 0 unspecified atom stereocenters. The fourth-order valence-corrected chi connectivity index (χ4v) is 2.06. The summed E-state index contributed by atoms with van der Waals surface area (Å²) in [6.45, 7) is 0.816. The first-order chi connectivity index (χ1) is 7.31. The molecule has 78 valence electrons. The second-order valence-electron chi connectivity index (χ2n) is 4.02. The van der Waals surface area contributed by atoms with Gasteiger partial charge in [-0.1, -0.05) is 0 Å². The fraction of sp³-hybridized carbons (Fsp3) is 0.462. The molecular formula is C13H15NO. The van der Waals surface area contributed by atoms with Gasteiger partial charge in [0.15, 0.2) is 5.78 Å². The van der Waals surface area contributed by atoms with E-state index in [-0.39, 0.29) is 0 Å². The van der Waals surface area contributed by atoms with Crippen LogP contribution in [0.3, 0.4) is 0 Å². The van der Waals surface area contributed by atoms with Crippen LogP contribution in [0.15, 0.2) is 12.4 Å². The lowest BCUT2D eigenvalue weighted by Gasteiger charge is -1.97. The minimum absolute atomic E-state index is 0.293. The van der Waals surface area contributed by atoms with Gasteiger partial charge in [-0.15, -0.1) is 12.3 Å². The van der Waals surface area contributed by atoms with Gasteiger partial charge in [0.2, 0.25) is 0 Å². The lowest BCUT2D eigenvalue weighted by atomic mass is 10.1. The van der Waals surface area contributed by atoms with Crippen LogP contribution in [-0.2, 0) is 13.0 Å². The number of aryl methyl sites for hydroxylation is 2. The van der Waals surface area contributed by atoms with E-state index in [4.69, 9.17) is 6.42 Å². The highest BCUT2D eigenvalue weighted by Gasteiger charge is 2.17. The summed E-state index contributed by atoms with van der Waals surface area (Å²) in [7, 11) is 0. The summed E-state index contributed by atoms with van der Waals surface area (Å²) >= 11 is 0. The molecule has 0 amide bonds. The van der Waals surface area contributed by atoms with Crippen LogP contribution in [0.25, 0.3) is 0 Å². The Hall–Kier alpha value is -1.49. The maximum absolute atomic E-state index is 11.7. The molecule has 0 atom stereocenters. The topological polar surface area (TPSA) is 22.0 Å². The Labute approximate surface area is 90.3 Å². The van der Waals surface area contributed by atoms with E-state index in [1.165, 1.54) is 5.56 Å². The number of aromatic nitrogens is 1. The zero-order chi connectivity index (χ0) is 10.7. The number of carbonyl (C=O) groups is 1. The maximum Gasteiger partial charge on any atom is 0.164 e. The molecule has 0 bridgehead atoms. The number of ketones is 1. The van der Waals surface area contributed by atoms with Crippen molar-refractivity contribution in [2.45, 2.75) is 38.6 Å². The SMILES string of the molecule is C#CCCn1cc2c(c1)C(=O)CCCC2. The minimum Gasteiger partial charge on any atom is -0.352 e. The third kappa shape index (κ3) is 2.12. The summed E-state index contributed by atoms with van der Waals surface area (Å²) in [4.78, 5) is 11.7. The molecule has 0 spiro atoms. The molecule has 1 aromatic heterocycles. The average molecular weight is 201 g/mol. The van der Waals surface area contributed by atoms with Crippen molar-refractivity contribution in [3.8, 4) is 12.3 Å². The largest absolute Gasteiger partial charge is 0.352 e. The van der Waals surface area contributed by atoms with Crippen molar-refractivity contribution in [1.29, 1.82) is 0 Å². The average Bonchev–Trinajstić information content (AvgIpc) is 2.57. The van der Waals surface area contributed by atoms with Gasteiger partial charge in [-0.2, -0.15) is 0 Å². The highest BCUT2D eigenvalue weighted by atomic mass is 16.1. The Bertz CT molecular complexity index is 409. The molecule has 2 nitrogen and oxygen atoms in total. The second-order valence-corrected chi connectivity index (χ2v) is 4.02. The number of Topliss-reactive ketones (excluding diaryl/α,β-unsaturated/α-hetero) is 1. The van der Waals surface area contributed by atoms with Crippen LogP contribution in [-0.4, -0.2) is 10.4 Å². The molecule has 0 radical (unpaired) electrons. The van der Waals surface area contributed by atoms with E-state index in [9.17, 15) is 4.79 Å². The monoisotopic (exact) mass is 201 g/mol. The van der Waals surface area contributed by atoms with Gasteiger partial charge >= 0.3 is 0 Å². The summed E-state index contributed by atoms with van der Waals surface area (Å²) in [6.07, 6.45) is 13.9. The summed E-state index contributed by atoms with van der Waals surface area (Å²) in [6, 6.07) is 0. The first kappa shape index (κ1) is 10.0. The molecule has 0 aliphatic heterocycles. The predicted octanol–water partition coefficient (Wildman–Crippen LogP) is 2.42. The number of fused-ring (bicyclic) bond motifs is 1. The number of terminal acetylenes is 1. The van der Waals surface area contributed by atoms with Crippen molar-refractivity contribution < 1.29 is 4.79 Å². The molecule has 2 rings (SSSR count). The van der Waals surface area contributed by atoms with E-state index in [1.807, 2.05) is 10.8 Å². The van der Waals surface area contributed by atoms with Crippen molar-refractivity contribution in [3.63, 3.8) is 0 Å². The lowest BCUT2D eigenvalue weighted by Crippen LogP contribution is -1.97. The zero-order valence-electron chi connectivity index (χ0n) is 8.83. The highest BCUT2D eigenvalue weighted by Crippen LogP contribution is 2.21. The van der Waals surface area contributed by atoms with Gasteiger partial charge in [-0.3, -0.25) is 4.79 Å². The van der Waals surface area contributed by atoms with E-state index < -0.39 is 0 Å². The predicted molar refractivity (Wildman–Crippen MR) is 59.8 cm³/mol. The van der Waals surface area contributed by atoms with Crippen LogP contribution in [0.5, 0.6) is 0 Å². The Balaban J connectivity index is 2.22. The summed E-state index contributed by atoms with van der Waals surface area (Å²) in [5, 5.41) is 0. The molecule has 0 fully saturated rings. The number of nitrogens with zero attached hydrogens (tertiary/aromatic N) is 1. The molecule has 0 N–H and O–H groups in total. The van der Waals surface area contributed by atoms with Crippen molar-refractivity contribution in [3.05, 3.63) is 23.5 Å². The Morgan fingerprint density at radius 2 is 2.13 bits per heavy atom. The Kier molecular flexibility index (Phi) is 2.91. The van der Waals surface area contributed by atoms with Gasteiger partial charge in [-0.05, 0) is 24.8 Å². The van der Waals surface area contributed by atoms with Crippen LogP contribution >= 0.6 is 0 Å². The Morgan fingerprint density at radius 1 is 1.33 bits per heavy atom. The molecular weight excluding hydrogens is 186 g/mol. The lowest BCUT2D eigenvalue weighted by molar-refractivity contribution is 0.0982. The number of rotatable bonds is 2. The van der Waals surface area contributed by atoms with Crippen molar-refractivity contribution in [1.82, 2.24) is 4.57 Å². The minimum atomic E-state index is 0.293. The maximum atomic E-state index is 11.7. The molecule has 0 saturated carbocycles. The molecule has 0 aromatic carbocycles. The number of carbonyl (C=O) groups excluding carboxylic acids is 1. The standard InChI is InChI=1S/C13H15NO/c1-2-3-8-14-9-11-6-4-5-7-13(15)12(11)10-14/h1,9-10H,3-8H2. The molecule has 1 heterocycles. The molecule has 0 saturated heterocycles. The fourth-order valence-electron chi connectivity index (χ4n) is 2.06. The van der Waals surface area contributed by atoms with E-state index in [0.717, 1.165) is 37.8 Å². The van der Waals surface area contributed by atoms with Crippen LogP contribution in [0.2, 0.25) is 0 Å². The van der Waals surface area contributed by atoms with Crippen LogP contribution in [0, 0.1) is 12.3 Å². The number of hydrogen-bond donors (Lipinski definition) is 0. The summed E-state index contributed by atoms with van der Waals surface area (Å²) < 4.78 is 2.05. The molecule has 1 aromatic rings. The van der Waals surface area contributed by atoms with Crippen LogP contribution in [0.1, 0.15) is 41.6 Å². The van der Waals surface area contributed by atoms with Crippen molar-refractivity contribution >= 4 is 5.78 Å². The summed E-state index contributed by atoms with van der Waals surface area (Å²) in [5.41, 5.74) is 2.12. The van der Waals surface area contributed by atoms with Crippen LogP contribution in [0.4, 0.5) is 0 Å². The van der Waals surface area contributed by atoms with Crippen molar-refractivity contribution in [2.75, 3.05) is 0 Å². The molecule has 2 heteroatoms. The first-order valence-electron chi connectivity index (χ1n) is 5.46. The molecule has 1 aliphatic carbocycles.